The summed E-state index contributed by atoms with van der Waals surface area (Å²) in [4.78, 5) is 26.3. The maximum absolute atomic E-state index is 12.4. The van der Waals surface area contributed by atoms with Gasteiger partial charge in [0.05, 0.1) is 5.75 Å². The van der Waals surface area contributed by atoms with Gasteiger partial charge in [0, 0.05) is 32.6 Å². The molecule has 0 aromatic carbocycles. The van der Waals surface area contributed by atoms with Crippen LogP contribution in [0, 0.1) is 19.8 Å². The molecule has 3 rings (SSSR count). The molecule has 2 amide bonds. The van der Waals surface area contributed by atoms with E-state index >= 15 is 0 Å². The molecule has 1 N–H and O–H groups in total. The van der Waals surface area contributed by atoms with Gasteiger partial charge in [0.25, 0.3) is 11.1 Å². The fourth-order valence-corrected chi connectivity index (χ4v) is 3.52. The third-order valence-electron chi connectivity index (χ3n) is 4.11. The number of hydrogen-bond acceptors (Lipinski definition) is 8. The molecule has 0 saturated carbocycles. The highest BCUT2D eigenvalue weighted by atomic mass is 32.2. The fraction of sp³-hybridized carbons (Fsp3) is 0.562. The van der Waals surface area contributed by atoms with Crippen molar-refractivity contribution < 1.29 is 18.5 Å². The summed E-state index contributed by atoms with van der Waals surface area (Å²) in [6.45, 7) is 5.31. The Hall–Kier alpha value is -2.36. The van der Waals surface area contributed by atoms with E-state index in [-0.39, 0.29) is 29.2 Å². The molecule has 2 aromatic heterocycles. The number of rotatable bonds is 6. The minimum atomic E-state index is -0.257. The molecule has 1 unspecified atom stereocenters. The highest BCUT2D eigenvalue weighted by Gasteiger charge is 2.25. The van der Waals surface area contributed by atoms with Gasteiger partial charge in [-0.1, -0.05) is 16.9 Å². The second-order valence-electron chi connectivity index (χ2n) is 6.26. The van der Waals surface area contributed by atoms with E-state index in [0.717, 1.165) is 19.4 Å². The predicted octanol–water partition coefficient (Wildman–Crippen LogP) is 1.44. The molecule has 0 radical (unpaired) electrons. The van der Waals surface area contributed by atoms with Crippen LogP contribution in [0.1, 0.15) is 35.0 Å². The second kappa shape index (κ2) is 8.35. The normalized spacial score (nSPS) is 17.3. The van der Waals surface area contributed by atoms with Crippen LogP contribution in [0.15, 0.2) is 20.2 Å². The first kappa shape index (κ1) is 18.4. The van der Waals surface area contributed by atoms with Crippen molar-refractivity contribution in [3.05, 3.63) is 23.4 Å². The molecule has 1 aliphatic rings. The number of nitrogens with zero attached hydrogens (tertiary/aromatic N) is 4. The van der Waals surface area contributed by atoms with Gasteiger partial charge in [-0.15, -0.1) is 10.2 Å². The molecule has 140 valence electrons. The molecule has 1 atom stereocenters. The van der Waals surface area contributed by atoms with E-state index in [4.69, 9.17) is 8.94 Å². The summed E-state index contributed by atoms with van der Waals surface area (Å²) < 4.78 is 10.2. The molecule has 1 fully saturated rings. The Bertz CT molecular complexity index is 774. The van der Waals surface area contributed by atoms with Crippen LogP contribution in [0.5, 0.6) is 0 Å². The number of aromatic nitrogens is 3. The van der Waals surface area contributed by atoms with Crippen molar-refractivity contribution in [1.82, 2.24) is 25.6 Å². The van der Waals surface area contributed by atoms with Crippen LogP contribution in [0.4, 0.5) is 0 Å². The van der Waals surface area contributed by atoms with Crippen LogP contribution in [0.3, 0.4) is 0 Å². The van der Waals surface area contributed by atoms with Gasteiger partial charge in [0.1, 0.15) is 5.76 Å². The summed E-state index contributed by atoms with van der Waals surface area (Å²) in [6, 6.07) is 1.60. The largest absolute Gasteiger partial charge is 0.416 e. The summed E-state index contributed by atoms with van der Waals surface area (Å²) in [5, 5.41) is 14.6. The topological polar surface area (TPSA) is 114 Å². The van der Waals surface area contributed by atoms with Crippen LogP contribution >= 0.6 is 11.8 Å². The number of carbonyl (C=O) groups is 2. The van der Waals surface area contributed by atoms with Crippen LogP contribution in [0.2, 0.25) is 0 Å². The Morgan fingerprint density at radius 2 is 2.23 bits per heavy atom. The predicted molar refractivity (Wildman–Crippen MR) is 92.6 cm³/mol. The molecule has 0 aliphatic carbocycles. The fourth-order valence-electron chi connectivity index (χ4n) is 2.81. The number of hydrogen-bond donors (Lipinski definition) is 1. The van der Waals surface area contributed by atoms with Crippen molar-refractivity contribution in [2.45, 2.75) is 31.9 Å². The first-order valence-corrected chi connectivity index (χ1v) is 9.42. The van der Waals surface area contributed by atoms with E-state index in [1.807, 2.05) is 4.90 Å². The van der Waals surface area contributed by atoms with Gasteiger partial charge in [-0.2, -0.15) is 0 Å². The lowest BCUT2D eigenvalue weighted by molar-refractivity contribution is -0.130. The molecule has 1 saturated heterocycles. The lowest BCUT2D eigenvalue weighted by Crippen LogP contribution is -2.44. The maximum Gasteiger partial charge on any atom is 0.277 e. The van der Waals surface area contributed by atoms with Crippen molar-refractivity contribution in [1.29, 1.82) is 0 Å². The monoisotopic (exact) mass is 379 g/mol. The number of carbonyl (C=O) groups excluding carboxylic acids is 2. The molecule has 3 heterocycles. The van der Waals surface area contributed by atoms with Crippen molar-refractivity contribution >= 4 is 23.6 Å². The second-order valence-corrected chi connectivity index (χ2v) is 7.18. The SMILES string of the molecule is Cc1cc(C(=O)NCC2CCCN(C(=O)CSc3nnc(C)o3)C2)no1. The van der Waals surface area contributed by atoms with Gasteiger partial charge < -0.3 is 19.2 Å². The van der Waals surface area contributed by atoms with Gasteiger partial charge in [-0.05, 0) is 25.7 Å². The highest BCUT2D eigenvalue weighted by molar-refractivity contribution is 7.99. The Morgan fingerprint density at radius 1 is 1.38 bits per heavy atom. The third kappa shape index (κ3) is 4.84. The molecule has 1 aliphatic heterocycles. The van der Waals surface area contributed by atoms with Gasteiger partial charge in [0.2, 0.25) is 11.8 Å². The van der Waals surface area contributed by atoms with E-state index < -0.39 is 0 Å². The number of amides is 2. The Kier molecular flexibility index (Phi) is 5.92. The Morgan fingerprint density at radius 3 is 2.92 bits per heavy atom. The van der Waals surface area contributed by atoms with Crippen molar-refractivity contribution in [2.24, 2.45) is 5.92 Å². The maximum atomic E-state index is 12.4. The summed E-state index contributed by atoms with van der Waals surface area (Å²) in [5.74, 6) is 1.34. The van der Waals surface area contributed by atoms with Crippen LogP contribution in [-0.2, 0) is 4.79 Å². The van der Waals surface area contributed by atoms with Gasteiger partial charge in [-0.3, -0.25) is 9.59 Å². The van der Waals surface area contributed by atoms with E-state index in [2.05, 4.69) is 20.7 Å². The number of likely N-dealkylation sites (tertiary alicyclic amines) is 1. The molecule has 0 bridgehead atoms. The van der Waals surface area contributed by atoms with E-state index in [9.17, 15) is 9.59 Å². The number of piperidine rings is 1. The molecule has 2 aromatic rings. The Labute approximate surface area is 154 Å². The lowest BCUT2D eigenvalue weighted by atomic mass is 9.98. The number of thioether (sulfide) groups is 1. The number of nitrogens with one attached hydrogen (secondary N) is 1. The quantitative estimate of drug-likeness (QED) is 0.750. The van der Waals surface area contributed by atoms with E-state index in [1.165, 1.54) is 11.8 Å². The van der Waals surface area contributed by atoms with Crippen LogP contribution in [-0.4, -0.2) is 57.5 Å². The summed E-state index contributed by atoms with van der Waals surface area (Å²) in [5.41, 5.74) is 0.275. The highest BCUT2D eigenvalue weighted by Crippen LogP contribution is 2.20. The van der Waals surface area contributed by atoms with Crippen LogP contribution < -0.4 is 5.32 Å². The van der Waals surface area contributed by atoms with Crippen molar-refractivity contribution in [2.75, 3.05) is 25.4 Å². The van der Waals surface area contributed by atoms with Crippen molar-refractivity contribution in [3.63, 3.8) is 0 Å². The average molecular weight is 379 g/mol. The Balaban J connectivity index is 1.44. The average Bonchev–Trinajstić information content (AvgIpc) is 3.26. The van der Waals surface area contributed by atoms with Gasteiger partial charge in [-0.25, -0.2) is 0 Å². The summed E-state index contributed by atoms with van der Waals surface area (Å²) in [6.07, 6.45) is 1.89. The van der Waals surface area contributed by atoms with E-state index in [0.29, 0.717) is 30.0 Å². The minimum Gasteiger partial charge on any atom is -0.416 e. The molecule has 10 heteroatoms. The minimum absolute atomic E-state index is 0.0361. The number of aryl methyl sites for hydroxylation is 2. The standard InChI is InChI=1S/C16H21N5O4S/c1-10-6-13(20-25-10)15(23)17-7-12-4-3-5-21(8-12)14(22)9-26-16-19-18-11(2)24-16/h6,12H,3-5,7-9H2,1-2H3,(H,17,23). The van der Waals surface area contributed by atoms with Gasteiger partial charge in [0.15, 0.2) is 5.69 Å². The zero-order valence-electron chi connectivity index (χ0n) is 14.7. The molecule has 9 nitrogen and oxygen atoms in total. The zero-order valence-corrected chi connectivity index (χ0v) is 15.5. The smallest absolute Gasteiger partial charge is 0.277 e. The van der Waals surface area contributed by atoms with Crippen molar-refractivity contribution in [3.8, 4) is 0 Å². The van der Waals surface area contributed by atoms with Gasteiger partial charge >= 0.3 is 0 Å². The van der Waals surface area contributed by atoms with Crippen LogP contribution in [0.25, 0.3) is 0 Å². The molecular weight excluding hydrogens is 358 g/mol. The molecular formula is C16H21N5O4S. The summed E-state index contributed by atoms with van der Waals surface area (Å²) in [7, 11) is 0. The third-order valence-corrected chi connectivity index (χ3v) is 4.91. The lowest BCUT2D eigenvalue weighted by Gasteiger charge is -2.32. The summed E-state index contributed by atoms with van der Waals surface area (Å²) >= 11 is 1.24. The molecule has 26 heavy (non-hydrogen) atoms. The zero-order chi connectivity index (χ0) is 18.5. The first-order valence-electron chi connectivity index (χ1n) is 8.43. The molecule has 0 spiro atoms. The first-order chi connectivity index (χ1) is 12.5. The van der Waals surface area contributed by atoms with E-state index in [1.54, 1.807) is 19.9 Å².